The van der Waals surface area contributed by atoms with Gasteiger partial charge in [0.15, 0.2) is 0 Å². The van der Waals surface area contributed by atoms with Gasteiger partial charge < -0.3 is 19.7 Å². The molecule has 0 fully saturated rings. The van der Waals surface area contributed by atoms with E-state index in [4.69, 9.17) is 9.47 Å². The summed E-state index contributed by atoms with van der Waals surface area (Å²) < 4.78 is 10.4. The molecule has 2 amide bonds. The number of methoxy groups -OCH3 is 2. The molecular formula is C20H24N2O4. The molecule has 0 atom stereocenters. The number of hydrogen-bond donors (Lipinski definition) is 1. The number of ether oxygens (including phenoxy) is 2. The molecule has 1 N–H and O–H groups in total. The fourth-order valence-corrected chi connectivity index (χ4v) is 2.63. The van der Waals surface area contributed by atoms with Gasteiger partial charge in [0.1, 0.15) is 18.0 Å². The van der Waals surface area contributed by atoms with E-state index < -0.39 is 0 Å². The van der Waals surface area contributed by atoms with Crippen molar-refractivity contribution in [3.8, 4) is 11.5 Å². The van der Waals surface area contributed by atoms with Crippen molar-refractivity contribution in [2.45, 2.75) is 20.8 Å². The monoisotopic (exact) mass is 356 g/mol. The van der Waals surface area contributed by atoms with Gasteiger partial charge in [0, 0.05) is 18.7 Å². The van der Waals surface area contributed by atoms with E-state index in [2.05, 4.69) is 5.32 Å². The van der Waals surface area contributed by atoms with E-state index in [0.29, 0.717) is 17.2 Å². The molecule has 6 nitrogen and oxygen atoms in total. The Bertz CT molecular complexity index is 817. The third kappa shape index (κ3) is 4.33. The molecule has 2 rings (SSSR count). The Morgan fingerprint density at radius 2 is 1.81 bits per heavy atom. The summed E-state index contributed by atoms with van der Waals surface area (Å²) in [6.45, 7) is 5.27. The van der Waals surface area contributed by atoms with Gasteiger partial charge in [-0.25, -0.2) is 0 Å². The minimum atomic E-state index is -0.315. The molecule has 0 aromatic heterocycles. The molecule has 0 saturated heterocycles. The number of nitrogens with one attached hydrogen (secondary N) is 1. The number of nitrogens with zero attached hydrogens (tertiary/aromatic N) is 1. The Labute approximate surface area is 153 Å². The van der Waals surface area contributed by atoms with E-state index in [9.17, 15) is 9.59 Å². The molecule has 0 bridgehead atoms. The van der Waals surface area contributed by atoms with Crippen LogP contribution in [0.4, 0.5) is 11.4 Å². The van der Waals surface area contributed by atoms with E-state index in [1.165, 1.54) is 18.9 Å². The van der Waals surface area contributed by atoms with Crippen LogP contribution in [0, 0.1) is 13.8 Å². The molecule has 0 aliphatic carbocycles. The third-order valence-corrected chi connectivity index (χ3v) is 4.23. The fraction of sp³-hybridized carbons (Fsp3) is 0.300. The predicted molar refractivity (Wildman–Crippen MR) is 102 cm³/mol. The van der Waals surface area contributed by atoms with E-state index in [-0.39, 0.29) is 18.4 Å². The number of aryl methyl sites for hydroxylation is 1. The van der Waals surface area contributed by atoms with Gasteiger partial charge in [0.25, 0.3) is 0 Å². The highest BCUT2D eigenvalue weighted by molar-refractivity contribution is 6.02. The third-order valence-electron chi connectivity index (χ3n) is 4.23. The van der Waals surface area contributed by atoms with Crippen LogP contribution in [-0.4, -0.2) is 32.6 Å². The molecule has 0 aliphatic heterocycles. The maximum absolute atomic E-state index is 12.5. The SMILES string of the molecule is COc1ccc(NC(=O)CN(C(C)=O)c2cccc(C)c2C)c(OC)c1. The quantitative estimate of drug-likeness (QED) is 0.862. The highest BCUT2D eigenvalue weighted by Crippen LogP contribution is 2.29. The molecule has 0 spiro atoms. The van der Waals surface area contributed by atoms with E-state index in [1.54, 1.807) is 25.3 Å². The first kappa shape index (κ1) is 19.3. The summed E-state index contributed by atoms with van der Waals surface area (Å²) in [6.07, 6.45) is 0. The molecule has 0 radical (unpaired) electrons. The summed E-state index contributed by atoms with van der Waals surface area (Å²) in [5, 5.41) is 2.79. The lowest BCUT2D eigenvalue weighted by Crippen LogP contribution is -2.37. The first-order valence-electron chi connectivity index (χ1n) is 8.23. The molecule has 2 aromatic rings. The van der Waals surface area contributed by atoms with Gasteiger partial charge in [-0.05, 0) is 43.2 Å². The maximum atomic E-state index is 12.5. The lowest BCUT2D eigenvalue weighted by Gasteiger charge is -2.23. The van der Waals surface area contributed by atoms with Crippen molar-refractivity contribution in [2.24, 2.45) is 0 Å². The first-order valence-corrected chi connectivity index (χ1v) is 8.23. The van der Waals surface area contributed by atoms with E-state index >= 15 is 0 Å². The average molecular weight is 356 g/mol. The topological polar surface area (TPSA) is 67.9 Å². The van der Waals surface area contributed by atoms with Crippen LogP contribution in [0.25, 0.3) is 0 Å². The molecule has 2 aromatic carbocycles. The molecule has 26 heavy (non-hydrogen) atoms. The van der Waals surface area contributed by atoms with Crippen molar-refractivity contribution < 1.29 is 19.1 Å². The summed E-state index contributed by atoms with van der Waals surface area (Å²) in [6, 6.07) is 10.8. The maximum Gasteiger partial charge on any atom is 0.244 e. The number of anilines is 2. The molecule has 0 unspecified atom stereocenters. The van der Waals surface area contributed by atoms with Crippen molar-refractivity contribution in [2.75, 3.05) is 31.0 Å². The van der Waals surface area contributed by atoms with Gasteiger partial charge in [0.2, 0.25) is 11.8 Å². The highest BCUT2D eigenvalue weighted by Gasteiger charge is 2.19. The number of rotatable bonds is 6. The second-order valence-electron chi connectivity index (χ2n) is 5.94. The average Bonchev–Trinajstić information content (AvgIpc) is 2.62. The number of carbonyl (C=O) groups is 2. The van der Waals surface area contributed by atoms with Crippen LogP contribution in [0.1, 0.15) is 18.1 Å². The summed E-state index contributed by atoms with van der Waals surface area (Å²) in [4.78, 5) is 26.1. The van der Waals surface area contributed by atoms with Crippen molar-refractivity contribution >= 4 is 23.2 Å². The second kappa shape index (κ2) is 8.38. The molecule has 0 aliphatic rings. The lowest BCUT2D eigenvalue weighted by atomic mass is 10.1. The van der Waals surface area contributed by atoms with Gasteiger partial charge in [-0.3, -0.25) is 9.59 Å². The van der Waals surface area contributed by atoms with Gasteiger partial charge in [-0.2, -0.15) is 0 Å². The highest BCUT2D eigenvalue weighted by atomic mass is 16.5. The smallest absolute Gasteiger partial charge is 0.244 e. The molecular weight excluding hydrogens is 332 g/mol. The van der Waals surface area contributed by atoms with Crippen molar-refractivity contribution in [1.82, 2.24) is 0 Å². The van der Waals surface area contributed by atoms with E-state index in [0.717, 1.165) is 16.8 Å². The standard InChI is InChI=1S/C20H24N2O4/c1-13-7-6-8-18(14(13)2)22(15(3)23)12-20(24)21-17-10-9-16(25-4)11-19(17)26-5/h6-11H,12H2,1-5H3,(H,21,24). The minimum Gasteiger partial charge on any atom is -0.497 e. The Kier molecular flexibility index (Phi) is 6.22. The van der Waals surface area contributed by atoms with Gasteiger partial charge in [-0.1, -0.05) is 12.1 Å². The molecule has 0 heterocycles. The Balaban J connectivity index is 2.21. The Hall–Kier alpha value is -3.02. The van der Waals surface area contributed by atoms with Crippen LogP contribution in [0.3, 0.4) is 0 Å². The summed E-state index contributed by atoms with van der Waals surface area (Å²) in [5.74, 6) is 0.597. The zero-order valence-electron chi connectivity index (χ0n) is 15.8. The molecule has 138 valence electrons. The van der Waals surface area contributed by atoms with Crippen LogP contribution >= 0.6 is 0 Å². The summed E-state index contributed by atoms with van der Waals surface area (Å²) in [7, 11) is 3.07. The van der Waals surface area contributed by atoms with Gasteiger partial charge in [-0.15, -0.1) is 0 Å². The minimum absolute atomic E-state index is 0.0885. The van der Waals surface area contributed by atoms with Crippen molar-refractivity contribution in [3.63, 3.8) is 0 Å². The second-order valence-corrected chi connectivity index (χ2v) is 5.94. The molecule has 6 heteroatoms. The zero-order valence-corrected chi connectivity index (χ0v) is 15.8. The number of benzene rings is 2. The van der Waals surface area contributed by atoms with Crippen LogP contribution in [0.15, 0.2) is 36.4 Å². The van der Waals surface area contributed by atoms with Crippen molar-refractivity contribution in [1.29, 1.82) is 0 Å². The van der Waals surface area contributed by atoms with E-state index in [1.807, 2.05) is 32.0 Å². The Morgan fingerprint density at radius 1 is 1.08 bits per heavy atom. The number of amides is 2. The van der Waals surface area contributed by atoms with Gasteiger partial charge >= 0.3 is 0 Å². The van der Waals surface area contributed by atoms with Crippen LogP contribution in [0.2, 0.25) is 0 Å². The fourth-order valence-electron chi connectivity index (χ4n) is 2.63. The van der Waals surface area contributed by atoms with Gasteiger partial charge in [0.05, 0.1) is 19.9 Å². The lowest BCUT2D eigenvalue weighted by molar-refractivity contribution is -0.120. The molecule has 0 saturated carbocycles. The largest absolute Gasteiger partial charge is 0.497 e. The van der Waals surface area contributed by atoms with Crippen LogP contribution < -0.4 is 19.7 Å². The normalized spacial score (nSPS) is 10.2. The number of hydrogen-bond acceptors (Lipinski definition) is 4. The first-order chi connectivity index (χ1) is 12.4. The Morgan fingerprint density at radius 3 is 2.42 bits per heavy atom. The van der Waals surface area contributed by atoms with Crippen molar-refractivity contribution in [3.05, 3.63) is 47.5 Å². The van der Waals surface area contributed by atoms with Crippen LogP contribution in [-0.2, 0) is 9.59 Å². The predicted octanol–water partition coefficient (Wildman–Crippen LogP) is 3.31. The number of carbonyl (C=O) groups excluding carboxylic acids is 2. The zero-order chi connectivity index (χ0) is 19.3. The van der Waals surface area contributed by atoms with Crippen LogP contribution in [0.5, 0.6) is 11.5 Å². The summed E-state index contributed by atoms with van der Waals surface area (Å²) in [5.41, 5.74) is 3.28. The summed E-state index contributed by atoms with van der Waals surface area (Å²) >= 11 is 0.